The Labute approximate surface area is 117 Å². The highest BCUT2D eigenvalue weighted by molar-refractivity contribution is 6.89. The van der Waals surface area contributed by atoms with Crippen LogP contribution in [0.4, 0.5) is 0 Å². The van der Waals surface area contributed by atoms with Crippen molar-refractivity contribution in [1.29, 1.82) is 0 Å². The quantitative estimate of drug-likeness (QED) is 0.451. The zero-order chi connectivity index (χ0) is 14.5. The molecule has 3 heteroatoms. The van der Waals surface area contributed by atoms with Crippen LogP contribution >= 0.6 is 0 Å². The van der Waals surface area contributed by atoms with E-state index in [0.29, 0.717) is 5.57 Å². The summed E-state index contributed by atoms with van der Waals surface area (Å²) in [7, 11) is -1.57. The first-order chi connectivity index (χ1) is 8.86. The summed E-state index contributed by atoms with van der Waals surface area (Å²) < 4.78 is 5.51. The molecule has 19 heavy (non-hydrogen) atoms. The minimum absolute atomic E-state index is 0.00827. The van der Waals surface area contributed by atoms with Crippen molar-refractivity contribution < 1.29 is 9.53 Å². The summed E-state index contributed by atoms with van der Waals surface area (Å²) in [5, 5.41) is 1.40. The van der Waals surface area contributed by atoms with Crippen LogP contribution < -0.4 is 5.19 Å². The van der Waals surface area contributed by atoms with Crippen molar-refractivity contribution in [3.63, 3.8) is 0 Å². The van der Waals surface area contributed by atoms with Crippen LogP contribution in [0.3, 0.4) is 0 Å². The van der Waals surface area contributed by atoms with Gasteiger partial charge in [0.1, 0.15) is 0 Å². The van der Waals surface area contributed by atoms with Crippen LogP contribution in [0.25, 0.3) is 0 Å². The Kier molecular flexibility index (Phi) is 5.55. The van der Waals surface area contributed by atoms with Gasteiger partial charge >= 0.3 is 5.97 Å². The van der Waals surface area contributed by atoms with Gasteiger partial charge in [0.25, 0.3) is 0 Å². The van der Waals surface area contributed by atoms with Gasteiger partial charge in [0.05, 0.1) is 14.2 Å². The second-order valence-corrected chi connectivity index (χ2v) is 10.4. The van der Waals surface area contributed by atoms with Gasteiger partial charge in [-0.3, -0.25) is 0 Å². The predicted molar refractivity (Wildman–Crippen MR) is 83.4 cm³/mol. The first-order valence-corrected chi connectivity index (χ1v) is 9.99. The SMILES string of the molecule is C=C(C)C(=O)OC(CC)C[Si](C)(C)c1ccccc1. The Morgan fingerprint density at radius 2 is 1.89 bits per heavy atom. The highest BCUT2D eigenvalue weighted by Crippen LogP contribution is 2.18. The number of carbonyl (C=O) groups excluding carboxylic acids is 1. The molecule has 2 nitrogen and oxygen atoms in total. The van der Waals surface area contributed by atoms with Gasteiger partial charge in [0.15, 0.2) is 0 Å². The van der Waals surface area contributed by atoms with E-state index in [1.54, 1.807) is 6.92 Å². The van der Waals surface area contributed by atoms with Crippen molar-refractivity contribution in [1.82, 2.24) is 0 Å². The Morgan fingerprint density at radius 3 is 2.37 bits per heavy atom. The zero-order valence-corrected chi connectivity index (χ0v) is 13.4. The summed E-state index contributed by atoms with van der Waals surface area (Å²) in [4.78, 5) is 11.6. The van der Waals surface area contributed by atoms with E-state index in [4.69, 9.17) is 4.74 Å². The molecule has 0 saturated carbocycles. The lowest BCUT2D eigenvalue weighted by atomic mass is 10.3. The highest BCUT2D eigenvalue weighted by atomic mass is 28.3. The van der Waals surface area contributed by atoms with Crippen LogP contribution in [0.5, 0.6) is 0 Å². The smallest absolute Gasteiger partial charge is 0.333 e. The molecule has 1 atom stereocenters. The van der Waals surface area contributed by atoms with Gasteiger partial charge in [0, 0.05) is 5.57 Å². The van der Waals surface area contributed by atoms with Gasteiger partial charge in [-0.15, -0.1) is 0 Å². The lowest BCUT2D eigenvalue weighted by Crippen LogP contribution is -2.44. The third kappa shape index (κ3) is 4.67. The van der Waals surface area contributed by atoms with Gasteiger partial charge in [-0.2, -0.15) is 0 Å². The molecule has 0 aromatic heterocycles. The van der Waals surface area contributed by atoms with Gasteiger partial charge in [-0.25, -0.2) is 4.79 Å². The second kappa shape index (κ2) is 6.71. The van der Waals surface area contributed by atoms with E-state index < -0.39 is 8.07 Å². The van der Waals surface area contributed by atoms with Crippen molar-refractivity contribution >= 4 is 19.2 Å². The number of ether oxygens (including phenoxy) is 1. The Hall–Kier alpha value is -1.35. The minimum atomic E-state index is -1.57. The van der Waals surface area contributed by atoms with Crippen LogP contribution in [0.2, 0.25) is 19.1 Å². The van der Waals surface area contributed by atoms with Crippen molar-refractivity contribution in [2.75, 3.05) is 0 Å². The lowest BCUT2D eigenvalue weighted by Gasteiger charge is -2.28. The molecule has 0 aliphatic rings. The van der Waals surface area contributed by atoms with Crippen LogP contribution in [0, 0.1) is 0 Å². The fourth-order valence-corrected chi connectivity index (χ4v) is 4.94. The van der Waals surface area contributed by atoms with Crippen LogP contribution in [0.15, 0.2) is 42.5 Å². The highest BCUT2D eigenvalue weighted by Gasteiger charge is 2.28. The fourth-order valence-electron chi connectivity index (χ4n) is 2.10. The summed E-state index contributed by atoms with van der Waals surface area (Å²) in [5.41, 5.74) is 0.470. The molecule has 0 aliphatic heterocycles. The number of hydrogen-bond donors (Lipinski definition) is 0. The fraction of sp³-hybridized carbons (Fsp3) is 0.438. The normalized spacial score (nSPS) is 12.8. The maximum atomic E-state index is 11.6. The van der Waals surface area contributed by atoms with Crippen molar-refractivity contribution in [2.24, 2.45) is 0 Å². The first kappa shape index (κ1) is 15.7. The number of esters is 1. The standard InChI is InChI=1S/C16H24O2Si/c1-6-14(18-16(17)13(2)3)12-19(4,5)15-10-8-7-9-11-15/h7-11,14H,2,6,12H2,1,3-5H3. The zero-order valence-electron chi connectivity index (χ0n) is 12.4. The molecule has 0 radical (unpaired) electrons. The van der Waals surface area contributed by atoms with Gasteiger partial charge < -0.3 is 4.74 Å². The molecule has 104 valence electrons. The third-order valence-electron chi connectivity index (χ3n) is 3.37. The minimum Gasteiger partial charge on any atom is -0.459 e. The molecule has 0 spiro atoms. The molecule has 1 rings (SSSR count). The topological polar surface area (TPSA) is 26.3 Å². The van der Waals surface area contributed by atoms with E-state index in [-0.39, 0.29) is 12.1 Å². The van der Waals surface area contributed by atoms with Crippen molar-refractivity contribution in [2.45, 2.75) is 45.5 Å². The molecule has 1 aromatic rings. The molecular formula is C16H24O2Si. The molecule has 0 heterocycles. The summed E-state index contributed by atoms with van der Waals surface area (Å²) in [6.45, 7) is 12.0. The Morgan fingerprint density at radius 1 is 1.32 bits per heavy atom. The van der Waals surface area contributed by atoms with Crippen LogP contribution in [0.1, 0.15) is 20.3 Å². The lowest BCUT2D eigenvalue weighted by molar-refractivity contribution is -0.143. The van der Waals surface area contributed by atoms with E-state index in [9.17, 15) is 4.79 Å². The maximum Gasteiger partial charge on any atom is 0.333 e. The summed E-state index contributed by atoms with van der Waals surface area (Å²) in [5.74, 6) is -0.273. The molecule has 0 bridgehead atoms. The summed E-state index contributed by atoms with van der Waals surface area (Å²) >= 11 is 0. The molecule has 0 fully saturated rings. The van der Waals surface area contributed by atoms with Crippen molar-refractivity contribution in [3.8, 4) is 0 Å². The van der Waals surface area contributed by atoms with Gasteiger partial charge in [0.2, 0.25) is 0 Å². The van der Waals surface area contributed by atoms with E-state index in [1.807, 2.05) is 6.07 Å². The van der Waals surface area contributed by atoms with E-state index in [0.717, 1.165) is 12.5 Å². The second-order valence-electron chi connectivity index (χ2n) is 5.67. The number of rotatable bonds is 6. The molecule has 0 aliphatic carbocycles. The third-order valence-corrected chi connectivity index (χ3v) is 6.74. The maximum absolute atomic E-state index is 11.6. The number of hydrogen-bond acceptors (Lipinski definition) is 2. The van der Waals surface area contributed by atoms with E-state index >= 15 is 0 Å². The number of benzene rings is 1. The van der Waals surface area contributed by atoms with E-state index in [2.05, 4.69) is 50.9 Å². The Bertz CT molecular complexity index is 437. The Balaban J connectivity index is 2.75. The van der Waals surface area contributed by atoms with Gasteiger partial charge in [-0.1, -0.05) is 62.1 Å². The van der Waals surface area contributed by atoms with E-state index in [1.165, 1.54) is 5.19 Å². The molecule has 1 aromatic carbocycles. The van der Waals surface area contributed by atoms with Crippen LogP contribution in [-0.2, 0) is 9.53 Å². The first-order valence-electron chi connectivity index (χ1n) is 6.79. The molecule has 1 unspecified atom stereocenters. The predicted octanol–water partition coefficient (Wildman–Crippen LogP) is 3.50. The average Bonchev–Trinajstić information content (AvgIpc) is 2.38. The van der Waals surface area contributed by atoms with Crippen LogP contribution in [-0.4, -0.2) is 20.1 Å². The van der Waals surface area contributed by atoms with Crippen molar-refractivity contribution in [3.05, 3.63) is 42.5 Å². The molecule has 0 amide bonds. The number of carbonyl (C=O) groups is 1. The molecule has 0 N–H and O–H groups in total. The summed E-state index contributed by atoms with van der Waals surface area (Å²) in [6.07, 6.45) is 0.841. The molecule has 0 saturated heterocycles. The van der Waals surface area contributed by atoms with Gasteiger partial charge in [-0.05, 0) is 19.4 Å². The molecular weight excluding hydrogens is 252 g/mol. The average molecular weight is 276 g/mol. The largest absolute Gasteiger partial charge is 0.459 e. The summed E-state index contributed by atoms with van der Waals surface area (Å²) in [6, 6.07) is 11.5. The monoisotopic (exact) mass is 276 g/mol.